The molecule has 0 fully saturated rings. The van der Waals surface area contributed by atoms with Crippen LogP contribution in [0.25, 0.3) is 0 Å². The van der Waals surface area contributed by atoms with Gasteiger partial charge in [-0.2, -0.15) is 31.8 Å². The molecule has 0 aliphatic carbocycles. The zero-order valence-corrected chi connectivity index (χ0v) is 17.2. The highest BCUT2D eigenvalue weighted by atomic mass is 32.1. The number of nitrogens with zero attached hydrogens (tertiary/aromatic N) is 4. The summed E-state index contributed by atoms with van der Waals surface area (Å²) in [5.74, 6) is -1.03. The lowest BCUT2D eigenvalue weighted by atomic mass is 10.1. The normalized spacial score (nSPS) is 15.8. The molecule has 11 heteroatoms. The number of nitrogens with one attached hydrogen (secondary N) is 1. The van der Waals surface area contributed by atoms with Crippen LogP contribution in [-0.2, 0) is 6.18 Å². The number of fused-ring (bicyclic) bond motifs is 1. The van der Waals surface area contributed by atoms with Gasteiger partial charge in [0.05, 0.1) is 23.4 Å². The van der Waals surface area contributed by atoms with Crippen molar-refractivity contribution in [1.29, 1.82) is 0 Å². The minimum absolute atomic E-state index is 0. The summed E-state index contributed by atoms with van der Waals surface area (Å²) in [7, 11) is 0. The molecule has 2 amide bonds. The number of hydrogen-bond donors (Lipinski definition) is 1. The molecule has 0 radical (unpaired) electrons. The van der Waals surface area contributed by atoms with E-state index in [2.05, 4.69) is 15.4 Å². The molecule has 4 rings (SSSR count). The second-order valence-electron chi connectivity index (χ2n) is 6.85. The zero-order valence-electron chi connectivity index (χ0n) is 16.2. The summed E-state index contributed by atoms with van der Waals surface area (Å²) in [5, 5.41) is 6.85. The SMILES string of the molecule is C[C@H]1CN(c2ccc(C(F)(F)F)cc2)C(=O)c2c(C(=O)Nc3ccncc3)cnn21.S. The fraction of sp³-hybridized carbons (Fsp3) is 0.200. The average Bonchev–Trinajstić information content (AvgIpc) is 3.17. The molecule has 7 nitrogen and oxygen atoms in total. The molecular weight excluding hydrogens is 431 g/mol. The third-order valence-corrected chi connectivity index (χ3v) is 4.80. The van der Waals surface area contributed by atoms with Gasteiger partial charge in [-0.3, -0.25) is 19.3 Å². The van der Waals surface area contributed by atoms with Crippen molar-refractivity contribution >= 4 is 36.7 Å². The van der Waals surface area contributed by atoms with Crippen LogP contribution in [0.15, 0.2) is 55.0 Å². The molecule has 0 bridgehead atoms. The maximum atomic E-state index is 13.1. The van der Waals surface area contributed by atoms with Crippen LogP contribution < -0.4 is 10.2 Å². The Labute approximate surface area is 182 Å². The van der Waals surface area contributed by atoms with Crippen LogP contribution in [0, 0.1) is 0 Å². The van der Waals surface area contributed by atoms with Crippen LogP contribution >= 0.6 is 13.5 Å². The van der Waals surface area contributed by atoms with E-state index in [1.807, 2.05) is 6.92 Å². The Kier molecular flexibility index (Phi) is 6.07. The highest BCUT2D eigenvalue weighted by Gasteiger charge is 2.36. The van der Waals surface area contributed by atoms with E-state index in [0.29, 0.717) is 11.4 Å². The second-order valence-corrected chi connectivity index (χ2v) is 6.85. The summed E-state index contributed by atoms with van der Waals surface area (Å²) in [6, 6.07) is 7.28. The number of anilines is 2. The van der Waals surface area contributed by atoms with Crippen LogP contribution in [0.2, 0.25) is 0 Å². The first-order chi connectivity index (χ1) is 14.3. The van der Waals surface area contributed by atoms with Crippen molar-refractivity contribution < 1.29 is 22.8 Å². The number of aromatic nitrogens is 3. The minimum atomic E-state index is -4.46. The number of hydrogen-bond acceptors (Lipinski definition) is 4. The predicted octanol–water partition coefficient (Wildman–Crippen LogP) is 3.88. The largest absolute Gasteiger partial charge is 0.416 e. The van der Waals surface area contributed by atoms with Gasteiger partial charge < -0.3 is 10.2 Å². The first kappa shape index (κ1) is 22.3. The van der Waals surface area contributed by atoms with Crippen LogP contribution in [0.5, 0.6) is 0 Å². The number of carbonyl (C=O) groups excluding carboxylic acids is 2. The van der Waals surface area contributed by atoms with Gasteiger partial charge in [-0.15, -0.1) is 0 Å². The van der Waals surface area contributed by atoms with Crippen molar-refractivity contribution in [2.75, 3.05) is 16.8 Å². The maximum Gasteiger partial charge on any atom is 0.416 e. The fourth-order valence-corrected chi connectivity index (χ4v) is 3.31. The Morgan fingerprint density at radius 1 is 1.13 bits per heavy atom. The van der Waals surface area contributed by atoms with Gasteiger partial charge in [-0.1, -0.05) is 0 Å². The number of amides is 2. The molecule has 1 N–H and O–H groups in total. The Balaban J connectivity index is 0.00000272. The topological polar surface area (TPSA) is 80.1 Å². The van der Waals surface area contributed by atoms with Gasteiger partial charge in [0, 0.05) is 30.3 Å². The van der Waals surface area contributed by atoms with Gasteiger partial charge in [-0.25, -0.2) is 0 Å². The quantitative estimate of drug-likeness (QED) is 0.658. The van der Waals surface area contributed by atoms with Crippen LogP contribution in [0.4, 0.5) is 24.5 Å². The smallest absolute Gasteiger partial charge is 0.322 e. The van der Waals surface area contributed by atoms with Crippen LogP contribution in [0.3, 0.4) is 0 Å². The standard InChI is InChI=1S/C20H16F3N5O2.H2S/c1-12-11-27(15-4-2-13(3-5-15)20(21,22)23)19(30)17-16(10-25-28(12)17)18(29)26-14-6-8-24-9-7-14;/h2-10,12H,11H2,1H3,(H,24,26,29);1H2/t12-;/m0./s1. The molecule has 0 saturated heterocycles. The average molecular weight is 449 g/mol. The predicted molar refractivity (Wildman–Crippen MR) is 113 cm³/mol. The lowest BCUT2D eigenvalue weighted by Gasteiger charge is -2.32. The van der Waals surface area contributed by atoms with Crippen LogP contribution in [0.1, 0.15) is 39.4 Å². The van der Waals surface area contributed by atoms with Crippen molar-refractivity contribution in [2.24, 2.45) is 0 Å². The van der Waals surface area contributed by atoms with E-state index < -0.39 is 23.6 Å². The molecule has 1 aliphatic rings. The minimum Gasteiger partial charge on any atom is -0.322 e. The molecule has 0 spiro atoms. The van der Waals surface area contributed by atoms with E-state index in [9.17, 15) is 22.8 Å². The summed E-state index contributed by atoms with van der Waals surface area (Å²) in [6.07, 6.45) is -0.115. The fourth-order valence-electron chi connectivity index (χ4n) is 3.31. The van der Waals surface area contributed by atoms with E-state index in [0.717, 1.165) is 12.1 Å². The monoisotopic (exact) mass is 449 g/mol. The molecule has 162 valence electrons. The number of halogens is 3. The van der Waals surface area contributed by atoms with E-state index in [4.69, 9.17) is 0 Å². The van der Waals surface area contributed by atoms with Gasteiger partial charge in [0.2, 0.25) is 0 Å². The highest BCUT2D eigenvalue weighted by Crippen LogP contribution is 2.32. The molecule has 1 atom stereocenters. The van der Waals surface area contributed by atoms with Crippen molar-refractivity contribution in [1.82, 2.24) is 14.8 Å². The number of pyridine rings is 1. The summed E-state index contributed by atoms with van der Waals surface area (Å²) < 4.78 is 40.0. The van der Waals surface area contributed by atoms with Crippen molar-refractivity contribution in [2.45, 2.75) is 19.1 Å². The van der Waals surface area contributed by atoms with Gasteiger partial charge in [0.15, 0.2) is 0 Å². The van der Waals surface area contributed by atoms with Gasteiger partial charge in [-0.05, 0) is 43.3 Å². The molecule has 0 unspecified atom stereocenters. The van der Waals surface area contributed by atoms with Crippen LogP contribution in [-0.4, -0.2) is 33.1 Å². The Morgan fingerprint density at radius 3 is 2.39 bits per heavy atom. The van der Waals surface area contributed by atoms with Crippen molar-refractivity contribution in [3.8, 4) is 0 Å². The molecule has 2 aromatic heterocycles. The first-order valence-corrected chi connectivity index (χ1v) is 9.03. The number of alkyl halides is 3. The molecule has 31 heavy (non-hydrogen) atoms. The Bertz CT molecular complexity index is 1100. The highest BCUT2D eigenvalue weighted by molar-refractivity contribution is 7.59. The van der Waals surface area contributed by atoms with E-state index in [-0.39, 0.29) is 37.3 Å². The zero-order chi connectivity index (χ0) is 21.5. The van der Waals surface area contributed by atoms with Gasteiger partial charge in [0.25, 0.3) is 11.8 Å². The maximum absolute atomic E-state index is 13.1. The molecule has 3 aromatic rings. The molecule has 1 aromatic carbocycles. The van der Waals surface area contributed by atoms with Crippen molar-refractivity contribution in [3.05, 3.63) is 71.8 Å². The second kappa shape index (κ2) is 8.42. The summed E-state index contributed by atoms with van der Waals surface area (Å²) in [6.45, 7) is 2.02. The van der Waals surface area contributed by atoms with E-state index in [1.54, 1.807) is 12.1 Å². The van der Waals surface area contributed by atoms with E-state index >= 15 is 0 Å². The summed E-state index contributed by atoms with van der Waals surface area (Å²) in [4.78, 5) is 31.1. The molecular formula is C20H18F3N5O2S. The molecule has 3 heterocycles. The summed E-state index contributed by atoms with van der Waals surface area (Å²) in [5.41, 5.74) is 0.185. The van der Waals surface area contributed by atoms with Crippen molar-refractivity contribution in [3.63, 3.8) is 0 Å². The lowest BCUT2D eigenvalue weighted by molar-refractivity contribution is -0.137. The number of carbonyl (C=O) groups is 2. The van der Waals surface area contributed by atoms with Gasteiger partial charge in [0.1, 0.15) is 5.69 Å². The lowest BCUT2D eigenvalue weighted by Crippen LogP contribution is -2.43. The number of rotatable bonds is 3. The molecule has 0 saturated carbocycles. The van der Waals surface area contributed by atoms with Gasteiger partial charge >= 0.3 is 6.18 Å². The summed E-state index contributed by atoms with van der Waals surface area (Å²) >= 11 is 0. The first-order valence-electron chi connectivity index (χ1n) is 9.03. The Hall–Kier alpha value is -3.34. The molecule has 1 aliphatic heterocycles. The third kappa shape index (κ3) is 4.26. The Morgan fingerprint density at radius 2 is 1.77 bits per heavy atom. The number of benzene rings is 1. The third-order valence-electron chi connectivity index (χ3n) is 4.80. The van der Waals surface area contributed by atoms with E-state index in [1.165, 1.54) is 40.3 Å².